The third-order valence-corrected chi connectivity index (χ3v) is 1.17. The van der Waals surface area contributed by atoms with Crippen molar-refractivity contribution < 1.29 is 19.8 Å². The molecule has 1 saturated carbocycles. The Hall–Kier alpha value is -1.10. The second-order valence-corrected chi connectivity index (χ2v) is 2.62. The van der Waals surface area contributed by atoms with Crippen LogP contribution in [0.2, 0.25) is 0 Å². The standard InChI is InChI=1S/C4H6O4.C3H7N/c5-3(6)1-2-4(7)8;4-3-1-2-3/h1-2H2,(H,5,6)(H,7,8);3H,1-2,4H2. The van der Waals surface area contributed by atoms with Crippen LogP contribution in [-0.4, -0.2) is 28.2 Å². The highest BCUT2D eigenvalue weighted by molar-refractivity contribution is 5.75. The Balaban J connectivity index is 0.000000247. The van der Waals surface area contributed by atoms with E-state index in [0.29, 0.717) is 6.04 Å². The normalized spacial score (nSPS) is 14.4. The van der Waals surface area contributed by atoms with E-state index in [0.717, 1.165) is 0 Å². The van der Waals surface area contributed by atoms with E-state index >= 15 is 0 Å². The summed E-state index contributed by atoms with van der Waals surface area (Å²) in [6, 6.07) is 0.583. The number of carbonyl (C=O) groups is 2. The highest BCUT2D eigenvalue weighted by Gasteiger charge is 2.13. The quantitative estimate of drug-likeness (QED) is 0.562. The molecule has 0 aliphatic heterocycles. The lowest BCUT2D eigenvalue weighted by molar-refractivity contribution is -0.143. The molecule has 0 radical (unpaired) electrons. The van der Waals surface area contributed by atoms with Crippen molar-refractivity contribution in [2.75, 3.05) is 0 Å². The molecule has 0 bridgehead atoms. The van der Waals surface area contributed by atoms with Crippen molar-refractivity contribution in [3.05, 3.63) is 0 Å². The summed E-state index contributed by atoms with van der Waals surface area (Å²) in [6.07, 6.45) is 1.94. The Labute approximate surface area is 70.2 Å². The minimum Gasteiger partial charge on any atom is -0.481 e. The summed E-state index contributed by atoms with van der Waals surface area (Å²) < 4.78 is 0. The predicted molar refractivity (Wildman–Crippen MR) is 41.7 cm³/mol. The summed E-state index contributed by atoms with van der Waals surface area (Å²) in [4.78, 5) is 19.3. The van der Waals surface area contributed by atoms with E-state index in [9.17, 15) is 9.59 Å². The number of carboxylic acid groups (broad SMARTS) is 2. The lowest BCUT2D eigenvalue weighted by atomic mass is 10.3. The molecule has 0 heterocycles. The third-order valence-electron chi connectivity index (χ3n) is 1.17. The molecule has 0 aromatic carbocycles. The number of aliphatic carboxylic acids is 2. The van der Waals surface area contributed by atoms with E-state index in [4.69, 9.17) is 15.9 Å². The van der Waals surface area contributed by atoms with Gasteiger partial charge < -0.3 is 15.9 Å². The summed E-state index contributed by atoms with van der Waals surface area (Å²) in [5.41, 5.74) is 5.22. The lowest BCUT2D eigenvalue weighted by Gasteiger charge is -1.85. The summed E-state index contributed by atoms with van der Waals surface area (Å²) in [6.45, 7) is 0. The fourth-order valence-corrected chi connectivity index (χ4v) is 0.310. The lowest BCUT2D eigenvalue weighted by Crippen LogP contribution is -2.00. The van der Waals surface area contributed by atoms with Crippen LogP contribution in [0, 0.1) is 0 Å². The Morgan fingerprint density at radius 3 is 1.50 bits per heavy atom. The van der Waals surface area contributed by atoms with Crippen LogP contribution in [0.4, 0.5) is 0 Å². The van der Waals surface area contributed by atoms with Gasteiger partial charge in [0.15, 0.2) is 0 Å². The summed E-state index contributed by atoms with van der Waals surface area (Å²) in [7, 11) is 0. The number of nitrogens with two attached hydrogens (primary N) is 1. The first kappa shape index (κ1) is 10.9. The maximum atomic E-state index is 9.64. The van der Waals surface area contributed by atoms with E-state index < -0.39 is 11.9 Å². The predicted octanol–water partition coefficient (Wildman–Crippen LogP) is 0.0433. The van der Waals surface area contributed by atoms with Crippen LogP contribution in [0.15, 0.2) is 0 Å². The van der Waals surface area contributed by atoms with Gasteiger partial charge >= 0.3 is 11.9 Å². The molecule has 0 unspecified atom stereocenters. The molecule has 5 nitrogen and oxygen atoms in total. The van der Waals surface area contributed by atoms with Gasteiger partial charge in [-0.3, -0.25) is 9.59 Å². The Morgan fingerprint density at radius 2 is 1.42 bits per heavy atom. The topological polar surface area (TPSA) is 101 Å². The van der Waals surface area contributed by atoms with Gasteiger partial charge in [0.2, 0.25) is 0 Å². The zero-order valence-electron chi connectivity index (χ0n) is 6.69. The van der Waals surface area contributed by atoms with Crippen LogP contribution in [0.3, 0.4) is 0 Å². The van der Waals surface area contributed by atoms with E-state index in [-0.39, 0.29) is 12.8 Å². The van der Waals surface area contributed by atoms with Crippen LogP contribution >= 0.6 is 0 Å². The molecule has 4 N–H and O–H groups in total. The van der Waals surface area contributed by atoms with E-state index in [2.05, 4.69) is 0 Å². The largest absolute Gasteiger partial charge is 0.481 e. The molecule has 1 aliphatic carbocycles. The zero-order chi connectivity index (χ0) is 9.56. The molecule has 0 spiro atoms. The monoisotopic (exact) mass is 175 g/mol. The highest BCUT2D eigenvalue weighted by Crippen LogP contribution is 2.13. The second-order valence-electron chi connectivity index (χ2n) is 2.62. The average Bonchev–Trinajstić information content (AvgIpc) is 2.69. The van der Waals surface area contributed by atoms with Gasteiger partial charge in [-0.2, -0.15) is 0 Å². The molecule has 0 aromatic heterocycles. The highest BCUT2D eigenvalue weighted by atomic mass is 16.4. The first-order valence-electron chi connectivity index (χ1n) is 3.71. The van der Waals surface area contributed by atoms with Crippen LogP contribution in [0.5, 0.6) is 0 Å². The molecule has 0 amide bonds. The SMILES string of the molecule is NC1CC1.O=C(O)CCC(=O)O. The minimum atomic E-state index is -1.08. The van der Waals surface area contributed by atoms with Crippen molar-refractivity contribution >= 4 is 11.9 Å². The van der Waals surface area contributed by atoms with Crippen molar-refractivity contribution in [1.29, 1.82) is 0 Å². The second kappa shape index (κ2) is 5.54. The van der Waals surface area contributed by atoms with Gasteiger partial charge in [-0.25, -0.2) is 0 Å². The van der Waals surface area contributed by atoms with Crippen LogP contribution in [-0.2, 0) is 9.59 Å². The fraction of sp³-hybridized carbons (Fsp3) is 0.714. The smallest absolute Gasteiger partial charge is 0.303 e. The van der Waals surface area contributed by atoms with Crippen molar-refractivity contribution in [2.24, 2.45) is 5.73 Å². The maximum absolute atomic E-state index is 9.64. The fourth-order valence-electron chi connectivity index (χ4n) is 0.310. The summed E-state index contributed by atoms with van der Waals surface area (Å²) in [5.74, 6) is -2.15. The first-order valence-corrected chi connectivity index (χ1v) is 3.71. The number of hydrogen-bond acceptors (Lipinski definition) is 3. The van der Waals surface area contributed by atoms with E-state index in [1.54, 1.807) is 0 Å². The molecule has 12 heavy (non-hydrogen) atoms. The van der Waals surface area contributed by atoms with Gasteiger partial charge in [-0.05, 0) is 12.8 Å². The molecule has 70 valence electrons. The number of rotatable bonds is 3. The van der Waals surface area contributed by atoms with Gasteiger partial charge in [0.05, 0.1) is 12.8 Å². The van der Waals surface area contributed by atoms with Crippen LogP contribution in [0.25, 0.3) is 0 Å². The minimum absolute atomic E-state index is 0.296. The van der Waals surface area contributed by atoms with Gasteiger partial charge in [0.25, 0.3) is 0 Å². The van der Waals surface area contributed by atoms with Crippen LogP contribution in [0.1, 0.15) is 25.7 Å². The summed E-state index contributed by atoms with van der Waals surface area (Å²) in [5, 5.41) is 15.8. The van der Waals surface area contributed by atoms with E-state index in [1.165, 1.54) is 12.8 Å². The van der Waals surface area contributed by atoms with Gasteiger partial charge in [-0.15, -0.1) is 0 Å². The van der Waals surface area contributed by atoms with Gasteiger partial charge in [-0.1, -0.05) is 0 Å². The van der Waals surface area contributed by atoms with Crippen molar-refractivity contribution in [2.45, 2.75) is 31.7 Å². The average molecular weight is 175 g/mol. The Bertz CT molecular complexity index is 151. The van der Waals surface area contributed by atoms with Crippen molar-refractivity contribution in [1.82, 2.24) is 0 Å². The van der Waals surface area contributed by atoms with Crippen LogP contribution < -0.4 is 5.73 Å². The Morgan fingerprint density at radius 1 is 1.17 bits per heavy atom. The third kappa shape index (κ3) is 11.7. The summed E-state index contributed by atoms with van der Waals surface area (Å²) >= 11 is 0. The van der Waals surface area contributed by atoms with Gasteiger partial charge in [0.1, 0.15) is 0 Å². The maximum Gasteiger partial charge on any atom is 0.303 e. The number of hydrogen-bond donors (Lipinski definition) is 3. The molecule has 0 saturated heterocycles. The molecule has 1 aliphatic rings. The van der Waals surface area contributed by atoms with Crippen molar-refractivity contribution in [3.63, 3.8) is 0 Å². The van der Waals surface area contributed by atoms with Crippen molar-refractivity contribution in [3.8, 4) is 0 Å². The number of carboxylic acids is 2. The molecule has 5 heteroatoms. The molecular formula is C7H13NO4. The molecular weight excluding hydrogens is 162 g/mol. The van der Waals surface area contributed by atoms with Gasteiger partial charge in [0, 0.05) is 6.04 Å². The first-order chi connectivity index (χ1) is 5.52. The zero-order valence-corrected chi connectivity index (χ0v) is 6.69. The molecule has 1 fully saturated rings. The molecule has 0 atom stereocenters. The van der Waals surface area contributed by atoms with E-state index in [1.807, 2.05) is 0 Å². The molecule has 0 aromatic rings. The molecule has 1 rings (SSSR count). The Kier molecular flexibility index (Phi) is 5.03.